The van der Waals surface area contributed by atoms with Crippen molar-refractivity contribution >= 4 is 60.9 Å². The van der Waals surface area contributed by atoms with Crippen molar-refractivity contribution in [3.63, 3.8) is 0 Å². The predicted molar refractivity (Wildman–Crippen MR) is 128 cm³/mol. The van der Waals surface area contributed by atoms with Gasteiger partial charge in [0.2, 0.25) is 5.11 Å². The molecule has 142 valence electrons. The number of halogens is 1. The van der Waals surface area contributed by atoms with Crippen LogP contribution in [0.4, 0.5) is 5.69 Å². The average Bonchev–Trinajstić information content (AvgIpc) is 3.20. The van der Waals surface area contributed by atoms with Gasteiger partial charge in [0.05, 0.1) is 0 Å². The fraction of sp³-hybridized carbons (Fsp3) is 0.0455. The third-order valence-electron chi connectivity index (χ3n) is 4.65. The zero-order valence-corrected chi connectivity index (χ0v) is 18.4. The lowest BCUT2D eigenvalue weighted by molar-refractivity contribution is 0.598. The molecule has 5 rings (SSSR count). The first-order chi connectivity index (χ1) is 14.2. The van der Waals surface area contributed by atoms with Crippen LogP contribution in [0.1, 0.15) is 17.3 Å². The molecule has 3 aromatic carbocycles. The summed E-state index contributed by atoms with van der Waals surface area (Å²) in [4.78, 5) is 7.10. The molecule has 0 spiro atoms. The summed E-state index contributed by atoms with van der Waals surface area (Å²) in [7, 11) is 0. The minimum atomic E-state index is -0.248. The van der Waals surface area contributed by atoms with Crippen molar-refractivity contribution in [2.75, 3.05) is 4.90 Å². The number of benzene rings is 3. The number of anilines is 1. The van der Waals surface area contributed by atoms with Crippen LogP contribution < -0.4 is 4.90 Å². The van der Waals surface area contributed by atoms with Crippen LogP contribution in [0.5, 0.6) is 0 Å². The lowest BCUT2D eigenvalue weighted by Gasteiger charge is -2.37. The number of thiocarbonyl (C=S) groups is 1. The van der Waals surface area contributed by atoms with Gasteiger partial charge in [0, 0.05) is 15.7 Å². The van der Waals surface area contributed by atoms with Gasteiger partial charge in [-0.25, -0.2) is 4.99 Å². The zero-order chi connectivity index (χ0) is 19.8. The van der Waals surface area contributed by atoms with Crippen molar-refractivity contribution in [2.24, 2.45) is 10.1 Å². The molecule has 0 radical (unpaired) electrons. The van der Waals surface area contributed by atoms with E-state index in [-0.39, 0.29) is 6.17 Å². The molecular formula is C22H15BrN4S2. The lowest BCUT2D eigenvalue weighted by atomic mass is 10.1. The van der Waals surface area contributed by atoms with Gasteiger partial charge >= 0.3 is 0 Å². The molecule has 0 saturated heterocycles. The van der Waals surface area contributed by atoms with Crippen molar-refractivity contribution < 1.29 is 0 Å². The number of amidine groups is 1. The molecule has 0 bridgehead atoms. The summed E-state index contributed by atoms with van der Waals surface area (Å²) in [5.41, 5.74) is 3.12. The van der Waals surface area contributed by atoms with E-state index in [1.807, 2.05) is 60.7 Å². The Morgan fingerprint density at radius 3 is 2.21 bits per heavy atom. The highest BCUT2D eigenvalue weighted by Crippen LogP contribution is 2.38. The number of fused-ring (bicyclic) bond motifs is 1. The number of aliphatic imine (C=N–C) groups is 1. The number of nitrogens with zero attached hydrogens (tertiary/aromatic N) is 4. The molecule has 2 aliphatic heterocycles. The summed E-state index contributed by atoms with van der Waals surface area (Å²) in [6.45, 7) is 0. The number of hydrogen-bond acceptors (Lipinski definition) is 4. The average molecular weight is 479 g/mol. The zero-order valence-electron chi connectivity index (χ0n) is 15.1. The molecule has 3 aromatic rings. The Morgan fingerprint density at radius 2 is 1.52 bits per heavy atom. The highest BCUT2D eigenvalue weighted by molar-refractivity contribution is 9.10. The minimum Gasteiger partial charge on any atom is -0.290 e. The van der Waals surface area contributed by atoms with Crippen LogP contribution in [0.2, 0.25) is 0 Å². The number of para-hydroxylation sites is 1. The monoisotopic (exact) mass is 478 g/mol. The maximum absolute atomic E-state index is 5.89. The molecule has 0 aliphatic carbocycles. The Bertz CT molecular complexity index is 1110. The maximum Gasteiger partial charge on any atom is 0.205 e. The highest BCUT2D eigenvalue weighted by Gasteiger charge is 2.39. The number of rotatable bonds is 3. The molecule has 29 heavy (non-hydrogen) atoms. The minimum absolute atomic E-state index is 0.248. The van der Waals surface area contributed by atoms with E-state index >= 15 is 0 Å². The molecule has 2 aliphatic rings. The second-order valence-electron chi connectivity index (χ2n) is 6.51. The summed E-state index contributed by atoms with van der Waals surface area (Å²) in [6, 6.07) is 28.4. The molecule has 0 amide bonds. The summed E-state index contributed by atoms with van der Waals surface area (Å²) in [6.07, 6.45) is -0.248. The van der Waals surface area contributed by atoms with Crippen molar-refractivity contribution in [1.29, 1.82) is 0 Å². The van der Waals surface area contributed by atoms with E-state index in [1.165, 1.54) is 0 Å². The smallest absolute Gasteiger partial charge is 0.205 e. The van der Waals surface area contributed by atoms with E-state index in [1.54, 1.807) is 16.8 Å². The highest BCUT2D eigenvalue weighted by atomic mass is 79.9. The maximum atomic E-state index is 5.89. The molecule has 0 aromatic heterocycles. The second-order valence-corrected chi connectivity index (χ2v) is 8.75. The Morgan fingerprint density at radius 1 is 0.862 bits per heavy atom. The Kier molecular flexibility index (Phi) is 4.95. The number of hydrazone groups is 1. The Balaban J connectivity index is 1.60. The van der Waals surface area contributed by atoms with E-state index in [2.05, 4.69) is 45.1 Å². The van der Waals surface area contributed by atoms with Gasteiger partial charge in [-0.3, -0.25) is 4.90 Å². The standard InChI is InChI=1S/C22H15BrN4S2/c23-17-13-11-15(12-14-17)19-24-21-27(22(28)26(19)18-9-5-2-6-10-18)25-20(29-21)16-7-3-1-4-8-16/h1-14,19H/t19-/m0/s1. The van der Waals surface area contributed by atoms with Crippen molar-refractivity contribution in [3.05, 3.63) is 101 Å². The molecule has 4 nitrogen and oxygen atoms in total. The summed E-state index contributed by atoms with van der Waals surface area (Å²) in [5.74, 6) is 0. The van der Waals surface area contributed by atoms with Gasteiger partial charge in [-0.1, -0.05) is 76.6 Å². The molecule has 1 atom stereocenters. The van der Waals surface area contributed by atoms with Gasteiger partial charge in [0.1, 0.15) is 5.04 Å². The van der Waals surface area contributed by atoms with E-state index in [0.717, 1.165) is 31.5 Å². The largest absolute Gasteiger partial charge is 0.290 e. The normalized spacial score (nSPS) is 18.4. The van der Waals surface area contributed by atoms with Crippen LogP contribution in [0, 0.1) is 0 Å². The molecule has 0 unspecified atom stereocenters. The van der Waals surface area contributed by atoms with Gasteiger partial charge in [-0.15, -0.1) is 0 Å². The topological polar surface area (TPSA) is 31.2 Å². The quantitative estimate of drug-likeness (QED) is 0.430. The molecule has 0 fully saturated rings. The van der Waals surface area contributed by atoms with Crippen molar-refractivity contribution in [3.8, 4) is 0 Å². The van der Waals surface area contributed by atoms with E-state index in [9.17, 15) is 0 Å². The summed E-state index contributed by atoms with van der Waals surface area (Å²) < 4.78 is 1.03. The first-order valence-electron chi connectivity index (χ1n) is 9.04. The number of thioether (sulfide) groups is 1. The molecule has 0 N–H and O–H groups in total. The van der Waals surface area contributed by atoms with Crippen LogP contribution >= 0.6 is 39.9 Å². The first-order valence-corrected chi connectivity index (χ1v) is 11.1. The van der Waals surface area contributed by atoms with Crippen LogP contribution in [0.25, 0.3) is 0 Å². The van der Waals surface area contributed by atoms with Gasteiger partial charge in [-0.05, 0) is 53.8 Å². The number of hydrogen-bond donors (Lipinski definition) is 0. The summed E-state index contributed by atoms with van der Waals surface area (Å²) in [5, 5.41) is 8.86. The molecule has 0 saturated carbocycles. The summed E-state index contributed by atoms with van der Waals surface area (Å²) >= 11 is 11.0. The fourth-order valence-corrected chi connectivity index (χ4v) is 4.82. The van der Waals surface area contributed by atoms with E-state index < -0.39 is 0 Å². The van der Waals surface area contributed by atoms with Crippen molar-refractivity contribution in [2.45, 2.75) is 6.17 Å². The van der Waals surface area contributed by atoms with Crippen LogP contribution in [0.3, 0.4) is 0 Å². The fourth-order valence-electron chi connectivity index (χ4n) is 3.25. The third kappa shape index (κ3) is 3.50. The van der Waals surface area contributed by atoms with Gasteiger partial charge in [0.25, 0.3) is 0 Å². The predicted octanol–water partition coefficient (Wildman–Crippen LogP) is 6.02. The Labute approximate surface area is 187 Å². The van der Waals surface area contributed by atoms with Gasteiger partial charge < -0.3 is 0 Å². The third-order valence-corrected chi connectivity index (χ3v) is 6.52. The van der Waals surface area contributed by atoms with E-state index in [0.29, 0.717) is 5.11 Å². The molecule has 2 heterocycles. The first kappa shape index (κ1) is 18.5. The van der Waals surface area contributed by atoms with Crippen LogP contribution in [0.15, 0.2) is 99.5 Å². The molecular weight excluding hydrogens is 464 g/mol. The van der Waals surface area contributed by atoms with Gasteiger partial charge in [-0.2, -0.15) is 10.1 Å². The Hall–Kier alpha value is -2.48. The second kappa shape index (κ2) is 7.74. The lowest BCUT2D eigenvalue weighted by Crippen LogP contribution is -2.47. The molecule has 7 heteroatoms. The van der Waals surface area contributed by atoms with Crippen molar-refractivity contribution in [1.82, 2.24) is 5.01 Å². The van der Waals surface area contributed by atoms with Crippen LogP contribution in [-0.4, -0.2) is 20.3 Å². The van der Waals surface area contributed by atoms with Crippen LogP contribution in [-0.2, 0) is 0 Å². The van der Waals surface area contributed by atoms with E-state index in [4.69, 9.17) is 22.3 Å². The SMILES string of the molecule is S=C1N2N=C(c3ccccc3)SC2=N[C@H](c2ccc(Br)cc2)N1c1ccccc1. The van der Waals surface area contributed by atoms with Gasteiger partial charge in [0.15, 0.2) is 11.3 Å².